The van der Waals surface area contributed by atoms with Crippen LogP contribution in [-0.4, -0.2) is 46.5 Å². The van der Waals surface area contributed by atoms with E-state index in [9.17, 15) is 9.59 Å². The number of thiazole rings is 1. The second-order valence-electron chi connectivity index (χ2n) is 7.06. The third-order valence-electron chi connectivity index (χ3n) is 4.80. The Kier molecular flexibility index (Phi) is 6.58. The summed E-state index contributed by atoms with van der Waals surface area (Å²) in [6, 6.07) is 7.73. The molecule has 0 spiro atoms. The number of likely N-dealkylation sites (tertiary alicyclic amines) is 1. The third kappa shape index (κ3) is 5.87. The minimum Gasteiger partial charge on any atom is -0.481 e. The third-order valence-corrected chi connectivity index (χ3v) is 5.57. The van der Waals surface area contributed by atoms with E-state index in [1.807, 2.05) is 36.6 Å². The molecular weight excluding hydrogens is 362 g/mol. The molecule has 1 aromatic heterocycles. The van der Waals surface area contributed by atoms with Crippen LogP contribution in [0.5, 0.6) is 0 Å². The van der Waals surface area contributed by atoms with E-state index in [-0.39, 0.29) is 12.3 Å². The zero-order valence-electron chi connectivity index (χ0n) is 15.5. The highest BCUT2D eigenvalue weighted by Crippen LogP contribution is 2.24. The van der Waals surface area contributed by atoms with Crippen LogP contribution in [0.2, 0.25) is 0 Å². The number of rotatable bonds is 7. The van der Waals surface area contributed by atoms with Crippen molar-refractivity contribution >= 4 is 28.9 Å². The van der Waals surface area contributed by atoms with Gasteiger partial charge in [0.25, 0.3) is 0 Å². The maximum Gasteiger partial charge on any atom is 0.303 e. The van der Waals surface area contributed by atoms with E-state index in [0.29, 0.717) is 18.9 Å². The smallest absolute Gasteiger partial charge is 0.303 e. The predicted molar refractivity (Wildman–Crippen MR) is 107 cm³/mol. The molecule has 1 aromatic carbocycles. The lowest BCUT2D eigenvalue weighted by atomic mass is 9.93. The molecule has 7 heteroatoms. The first-order valence-corrected chi connectivity index (χ1v) is 10.1. The van der Waals surface area contributed by atoms with Crippen molar-refractivity contribution in [3.05, 3.63) is 34.7 Å². The molecule has 6 nitrogen and oxygen atoms in total. The minimum atomic E-state index is -0.750. The fraction of sp³-hybridized carbons (Fsp3) is 0.450. The largest absolute Gasteiger partial charge is 0.481 e. The number of hydrogen-bond acceptors (Lipinski definition) is 5. The summed E-state index contributed by atoms with van der Waals surface area (Å²) >= 11 is 1.61. The summed E-state index contributed by atoms with van der Waals surface area (Å²) in [6.45, 7) is 3.99. The Morgan fingerprint density at radius 1 is 1.41 bits per heavy atom. The zero-order valence-corrected chi connectivity index (χ0v) is 16.3. The van der Waals surface area contributed by atoms with Crippen molar-refractivity contribution in [1.29, 1.82) is 0 Å². The molecule has 3 rings (SSSR count). The molecule has 0 bridgehead atoms. The highest BCUT2D eigenvalue weighted by Gasteiger charge is 2.22. The zero-order chi connectivity index (χ0) is 19.2. The minimum absolute atomic E-state index is 0.0412. The van der Waals surface area contributed by atoms with Gasteiger partial charge in [-0.2, -0.15) is 0 Å². The van der Waals surface area contributed by atoms with Crippen molar-refractivity contribution in [3.63, 3.8) is 0 Å². The number of amides is 1. The number of aryl methyl sites for hydroxylation is 1. The fourth-order valence-electron chi connectivity index (χ4n) is 3.51. The first-order valence-electron chi connectivity index (χ1n) is 9.26. The van der Waals surface area contributed by atoms with Gasteiger partial charge in [-0.3, -0.25) is 14.5 Å². The lowest BCUT2D eigenvalue weighted by Gasteiger charge is -2.32. The van der Waals surface area contributed by atoms with Crippen molar-refractivity contribution in [2.75, 3.05) is 25.0 Å². The van der Waals surface area contributed by atoms with Crippen LogP contribution in [0.15, 0.2) is 29.6 Å². The number of carboxylic acids is 1. The van der Waals surface area contributed by atoms with Crippen LogP contribution in [0.4, 0.5) is 5.69 Å². The van der Waals surface area contributed by atoms with Gasteiger partial charge in [0.05, 0.1) is 17.2 Å². The van der Waals surface area contributed by atoms with Crippen LogP contribution in [0.25, 0.3) is 11.3 Å². The summed E-state index contributed by atoms with van der Waals surface area (Å²) in [4.78, 5) is 29.8. The van der Waals surface area contributed by atoms with E-state index in [0.717, 1.165) is 47.9 Å². The Labute approximate surface area is 163 Å². The van der Waals surface area contributed by atoms with Crippen LogP contribution in [-0.2, 0) is 9.59 Å². The molecule has 1 fully saturated rings. The molecule has 2 aromatic rings. The van der Waals surface area contributed by atoms with E-state index < -0.39 is 5.97 Å². The molecule has 2 heterocycles. The van der Waals surface area contributed by atoms with Gasteiger partial charge in [0.1, 0.15) is 0 Å². The van der Waals surface area contributed by atoms with Crippen molar-refractivity contribution in [1.82, 2.24) is 9.88 Å². The number of benzene rings is 1. The maximum atomic E-state index is 12.4. The standard InChI is InChI=1S/C20H25N3O3S/c1-14-21-18(13-27-14)16-5-2-6-17(10-16)22-19(24)12-23-9-3-4-15(11-23)7-8-20(25)26/h2,5-6,10,13,15H,3-4,7-9,11-12H2,1H3,(H,22,24)(H,25,26). The number of carboxylic acid groups (broad SMARTS) is 1. The Morgan fingerprint density at radius 2 is 2.26 bits per heavy atom. The normalized spacial score (nSPS) is 17.6. The first-order chi connectivity index (χ1) is 13.0. The maximum absolute atomic E-state index is 12.4. The van der Waals surface area contributed by atoms with Crippen molar-refractivity contribution < 1.29 is 14.7 Å². The molecule has 0 radical (unpaired) electrons. The average Bonchev–Trinajstić information content (AvgIpc) is 3.07. The number of aromatic nitrogens is 1. The number of piperidine rings is 1. The molecule has 27 heavy (non-hydrogen) atoms. The highest BCUT2D eigenvalue weighted by atomic mass is 32.1. The van der Waals surface area contributed by atoms with Gasteiger partial charge >= 0.3 is 5.97 Å². The quantitative estimate of drug-likeness (QED) is 0.758. The fourth-order valence-corrected chi connectivity index (χ4v) is 4.14. The van der Waals surface area contributed by atoms with E-state index in [2.05, 4.69) is 15.2 Å². The highest BCUT2D eigenvalue weighted by molar-refractivity contribution is 7.09. The van der Waals surface area contributed by atoms with Gasteiger partial charge in [0, 0.05) is 29.6 Å². The molecule has 1 atom stereocenters. The number of nitrogens with one attached hydrogen (secondary N) is 1. The van der Waals surface area contributed by atoms with Gasteiger partial charge in [-0.1, -0.05) is 12.1 Å². The van der Waals surface area contributed by atoms with E-state index in [4.69, 9.17) is 5.11 Å². The average molecular weight is 388 g/mol. The Morgan fingerprint density at radius 3 is 3.00 bits per heavy atom. The first kappa shape index (κ1) is 19.5. The van der Waals surface area contributed by atoms with E-state index >= 15 is 0 Å². The molecule has 2 N–H and O–H groups in total. The van der Waals surface area contributed by atoms with Crippen LogP contribution in [0, 0.1) is 12.8 Å². The molecule has 144 valence electrons. The summed E-state index contributed by atoms with van der Waals surface area (Å²) in [5, 5.41) is 14.8. The number of carbonyl (C=O) groups excluding carboxylic acids is 1. The van der Waals surface area contributed by atoms with Crippen LogP contribution in [0.1, 0.15) is 30.7 Å². The molecular formula is C20H25N3O3S. The van der Waals surface area contributed by atoms with Gasteiger partial charge in [-0.05, 0) is 50.8 Å². The van der Waals surface area contributed by atoms with Crippen molar-refractivity contribution in [2.45, 2.75) is 32.6 Å². The number of aliphatic carboxylic acids is 1. The second kappa shape index (κ2) is 9.10. The lowest BCUT2D eigenvalue weighted by molar-refractivity contribution is -0.137. The monoisotopic (exact) mass is 387 g/mol. The number of hydrogen-bond donors (Lipinski definition) is 2. The summed E-state index contributed by atoms with van der Waals surface area (Å²) in [7, 11) is 0. The topological polar surface area (TPSA) is 82.5 Å². The molecule has 1 saturated heterocycles. The molecule has 0 saturated carbocycles. The van der Waals surface area contributed by atoms with Gasteiger partial charge in [0.15, 0.2) is 0 Å². The van der Waals surface area contributed by atoms with Crippen molar-refractivity contribution in [2.24, 2.45) is 5.92 Å². The molecule has 0 aliphatic carbocycles. The summed E-state index contributed by atoms with van der Waals surface area (Å²) in [5.41, 5.74) is 2.68. The lowest BCUT2D eigenvalue weighted by Crippen LogP contribution is -2.40. The number of anilines is 1. The summed E-state index contributed by atoms with van der Waals surface area (Å²) in [5.74, 6) is -0.431. The Balaban J connectivity index is 1.54. The van der Waals surface area contributed by atoms with Gasteiger partial charge in [-0.15, -0.1) is 11.3 Å². The molecule has 1 unspecified atom stereocenters. The van der Waals surface area contributed by atoms with Crippen LogP contribution >= 0.6 is 11.3 Å². The predicted octanol–water partition coefficient (Wildman–Crippen LogP) is 3.63. The SMILES string of the molecule is Cc1nc(-c2cccc(NC(=O)CN3CCCC(CCC(=O)O)C3)c2)cs1. The second-order valence-corrected chi connectivity index (χ2v) is 8.12. The van der Waals surface area contributed by atoms with Crippen LogP contribution in [0.3, 0.4) is 0 Å². The van der Waals surface area contributed by atoms with E-state index in [1.54, 1.807) is 11.3 Å². The molecule has 1 aliphatic rings. The number of carbonyl (C=O) groups is 2. The molecule has 1 amide bonds. The number of nitrogens with zero attached hydrogens (tertiary/aromatic N) is 2. The van der Waals surface area contributed by atoms with E-state index in [1.165, 1.54) is 0 Å². The van der Waals surface area contributed by atoms with Gasteiger partial charge < -0.3 is 10.4 Å². The van der Waals surface area contributed by atoms with Gasteiger partial charge in [0.2, 0.25) is 5.91 Å². The summed E-state index contributed by atoms with van der Waals surface area (Å²) in [6.07, 6.45) is 2.94. The van der Waals surface area contributed by atoms with Crippen LogP contribution < -0.4 is 5.32 Å². The Hall–Kier alpha value is -2.25. The summed E-state index contributed by atoms with van der Waals surface area (Å²) < 4.78 is 0. The van der Waals surface area contributed by atoms with Crippen molar-refractivity contribution in [3.8, 4) is 11.3 Å². The molecule has 1 aliphatic heterocycles. The Bertz CT molecular complexity index is 805. The van der Waals surface area contributed by atoms with Gasteiger partial charge in [-0.25, -0.2) is 4.98 Å².